The van der Waals surface area contributed by atoms with Crippen LogP contribution in [0.3, 0.4) is 0 Å². The van der Waals surface area contributed by atoms with Gasteiger partial charge in [0.15, 0.2) is 0 Å². The maximum absolute atomic E-state index is 12.5. The highest BCUT2D eigenvalue weighted by atomic mass is 19.4. The van der Waals surface area contributed by atoms with Gasteiger partial charge in [-0.05, 0) is 18.1 Å². The summed E-state index contributed by atoms with van der Waals surface area (Å²) in [5.41, 5.74) is 1.53. The number of nitrogens with one attached hydrogen (secondary N) is 1. The number of hydrogen-bond donors (Lipinski definition) is 1. The minimum Gasteiger partial charge on any atom is -0.385 e. The van der Waals surface area contributed by atoms with E-state index in [1.54, 1.807) is 48.3 Å². The molecule has 0 atom stereocenters. The van der Waals surface area contributed by atoms with Gasteiger partial charge < -0.3 is 14.6 Å². The van der Waals surface area contributed by atoms with Crippen LogP contribution in [0.1, 0.15) is 28.4 Å². The van der Waals surface area contributed by atoms with Crippen LogP contribution in [-0.2, 0) is 17.5 Å². The Morgan fingerprint density at radius 3 is 2.66 bits per heavy atom. The highest BCUT2D eigenvalue weighted by molar-refractivity contribution is 5.92. The third-order valence-electron chi connectivity index (χ3n) is 3.91. The van der Waals surface area contributed by atoms with E-state index < -0.39 is 12.1 Å². The van der Waals surface area contributed by atoms with Gasteiger partial charge in [-0.3, -0.25) is 9.48 Å². The number of ether oxygens (including phenoxy) is 1. The molecule has 0 saturated carbocycles. The largest absolute Gasteiger partial charge is 0.471 e. The van der Waals surface area contributed by atoms with E-state index in [2.05, 4.69) is 25.1 Å². The molecule has 29 heavy (non-hydrogen) atoms. The van der Waals surface area contributed by atoms with Crippen molar-refractivity contribution in [1.29, 1.82) is 0 Å². The van der Waals surface area contributed by atoms with E-state index in [1.165, 1.54) is 0 Å². The highest BCUT2D eigenvalue weighted by Crippen LogP contribution is 2.29. The molecule has 1 amide bonds. The Kier molecular flexibility index (Phi) is 6.27. The highest BCUT2D eigenvalue weighted by Gasteiger charge is 2.38. The van der Waals surface area contributed by atoms with Crippen molar-refractivity contribution in [3.8, 4) is 11.4 Å². The van der Waals surface area contributed by atoms with E-state index in [4.69, 9.17) is 4.74 Å². The first-order chi connectivity index (χ1) is 13.9. The van der Waals surface area contributed by atoms with Crippen LogP contribution in [0.5, 0.6) is 0 Å². The van der Waals surface area contributed by atoms with Crippen LogP contribution in [0, 0.1) is 0 Å². The Morgan fingerprint density at radius 1 is 1.24 bits per heavy atom. The summed E-state index contributed by atoms with van der Waals surface area (Å²) in [4.78, 5) is 15.4. The lowest BCUT2D eigenvalue weighted by molar-refractivity contribution is -0.159. The lowest BCUT2D eigenvalue weighted by Gasteiger charge is -2.04. The second-order valence-corrected chi connectivity index (χ2v) is 6.12. The zero-order valence-electron chi connectivity index (χ0n) is 15.4. The summed E-state index contributed by atoms with van der Waals surface area (Å²) >= 11 is 0. The molecule has 0 unspecified atom stereocenters. The van der Waals surface area contributed by atoms with Gasteiger partial charge in [0.1, 0.15) is 5.69 Å². The smallest absolute Gasteiger partial charge is 0.385 e. The number of methoxy groups -OCH3 is 1. The number of carbonyl (C=O) groups excluding carboxylic acids is 1. The van der Waals surface area contributed by atoms with Gasteiger partial charge in [0.25, 0.3) is 5.91 Å². The number of halogens is 3. The molecule has 2 heterocycles. The third-order valence-corrected chi connectivity index (χ3v) is 3.91. The molecule has 0 fully saturated rings. The summed E-state index contributed by atoms with van der Waals surface area (Å²) in [6.07, 6.45) is -2.30. The molecule has 8 nitrogen and oxygen atoms in total. The fraction of sp³-hybridized carbons (Fsp3) is 0.333. The molecule has 0 aliphatic carbocycles. The van der Waals surface area contributed by atoms with Crippen molar-refractivity contribution in [2.45, 2.75) is 19.1 Å². The number of rotatable bonds is 8. The third kappa shape index (κ3) is 5.41. The van der Waals surface area contributed by atoms with Crippen molar-refractivity contribution in [3.63, 3.8) is 0 Å². The predicted molar refractivity (Wildman–Crippen MR) is 94.9 cm³/mol. The molecular weight excluding hydrogens is 391 g/mol. The predicted octanol–water partition coefficient (Wildman–Crippen LogP) is 2.77. The van der Waals surface area contributed by atoms with Gasteiger partial charge in [0.2, 0.25) is 5.82 Å². The van der Waals surface area contributed by atoms with E-state index in [0.29, 0.717) is 37.4 Å². The minimum atomic E-state index is -4.68. The Morgan fingerprint density at radius 2 is 2.00 bits per heavy atom. The Balaban J connectivity index is 1.60. The molecule has 0 saturated heterocycles. The molecule has 0 aliphatic heterocycles. The molecular formula is C18H18F3N5O3. The minimum absolute atomic E-state index is 0.143. The van der Waals surface area contributed by atoms with Crippen LogP contribution >= 0.6 is 0 Å². The maximum Gasteiger partial charge on any atom is 0.471 e. The quantitative estimate of drug-likeness (QED) is 0.575. The molecule has 0 aliphatic rings. The molecule has 2 aromatic heterocycles. The molecule has 154 valence electrons. The normalized spacial score (nSPS) is 11.6. The molecule has 3 rings (SSSR count). The van der Waals surface area contributed by atoms with Crippen molar-refractivity contribution < 1.29 is 27.2 Å². The Bertz CT molecular complexity index is 950. The summed E-state index contributed by atoms with van der Waals surface area (Å²) in [5, 5.41) is 10.3. The number of alkyl halides is 3. The first kappa shape index (κ1) is 20.5. The van der Waals surface area contributed by atoms with Crippen LogP contribution in [0.2, 0.25) is 0 Å². The van der Waals surface area contributed by atoms with Crippen molar-refractivity contribution in [2.24, 2.45) is 0 Å². The van der Waals surface area contributed by atoms with Gasteiger partial charge in [-0.15, -0.1) is 0 Å². The summed E-state index contributed by atoms with van der Waals surface area (Å²) in [5.74, 6) is -1.80. The second kappa shape index (κ2) is 8.86. The monoisotopic (exact) mass is 409 g/mol. The number of amides is 1. The fourth-order valence-corrected chi connectivity index (χ4v) is 2.48. The van der Waals surface area contributed by atoms with E-state index in [-0.39, 0.29) is 11.7 Å². The van der Waals surface area contributed by atoms with Gasteiger partial charge in [-0.2, -0.15) is 23.3 Å². The zero-order valence-corrected chi connectivity index (χ0v) is 15.4. The molecule has 1 N–H and O–H groups in total. The Labute approximate surface area is 163 Å². The van der Waals surface area contributed by atoms with E-state index >= 15 is 0 Å². The van der Waals surface area contributed by atoms with Crippen molar-refractivity contribution >= 4 is 5.91 Å². The molecule has 0 bridgehead atoms. The summed E-state index contributed by atoms with van der Waals surface area (Å²) < 4.78 is 48.4. The van der Waals surface area contributed by atoms with Crippen LogP contribution in [0.25, 0.3) is 11.4 Å². The lowest BCUT2D eigenvalue weighted by atomic mass is 10.1. The van der Waals surface area contributed by atoms with Gasteiger partial charge in [-0.25, -0.2) is 0 Å². The number of benzene rings is 1. The summed E-state index contributed by atoms with van der Waals surface area (Å²) in [6.45, 7) is 1.44. The second-order valence-electron chi connectivity index (χ2n) is 6.12. The van der Waals surface area contributed by atoms with E-state index in [9.17, 15) is 18.0 Å². The van der Waals surface area contributed by atoms with Gasteiger partial charge in [0, 0.05) is 32.0 Å². The molecule has 1 aromatic carbocycles. The molecule has 0 spiro atoms. The van der Waals surface area contributed by atoms with Crippen molar-refractivity contribution in [1.82, 2.24) is 25.2 Å². The lowest BCUT2D eigenvalue weighted by Crippen LogP contribution is -2.25. The van der Waals surface area contributed by atoms with Gasteiger partial charge in [0.05, 0.1) is 6.54 Å². The van der Waals surface area contributed by atoms with Crippen molar-refractivity contribution in [3.05, 3.63) is 53.7 Å². The topological polar surface area (TPSA) is 95.1 Å². The van der Waals surface area contributed by atoms with E-state index in [1.807, 2.05) is 0 Å². The van der Waals surface area contributed by atoms with E-state index in [0.717, 1.165) is 5.56 Å². The number of aromatic nitrogens is 4. The standard InChI is InChI=1S/C18H18F3N5O3/c1-28-10-2-8-22-16(27)14-7-9-26(24-14)11-12-3-5-13(6-4-12)15-23-17(29-25-15)18(19,20)21/h3-7,9H,2,8,10-11H2,1H3,(H,22,27). The summed E-state index contributed by atoms with van der Waals surface area (Å²) in [6, 6.07) is 8.22. The number of nitrogens with zero attached hydrogens (tertiary/aromatic N) is 4. The summed E-state index contributed by atoms with van der Waals surface area (Å²) in [7, 11) is 1.60. The molecule has 0 radical (unpaired) electrons. The van der Waals surface area contributed by atoms with Crippen LogP contribution < -0.4 is 5.32 Å². The fourth-order valence-electron chi connectivity index (χ4n) is 2.48. The first-order valence-electron chi connectivity index (χ1n) is 8.67. The van der Waals surface area contributed by atoms with Crippen molar-refractivity contribution in [2.75, 3.05) is 20.3 Å². The average molecular weight is 409 g/mol. The number of hydrogen-bond acceptors (Lipinski definition) is 6. The first-order valence-corrected chi connectivity index (χ1v) is 8.67. The average Bonchev–Trinajstić information content (AvgIpc) is 3.35. The maximum atomic E-state index is 12.5. The van der Waals surface area contributed by atoms with Gasteiger partial charge in [-0.1, -0.05) is 29.4 Å². The SMILES string of the molecule is COCCCNC(=O)c1ccn(Cc2ccc(-c3noc(C(F)(F)F)n3)cc2)n1. The Hall–Kier alpha value is -3.21. The van der Waals surface area contributed by atoms with Crippen LogP contribution in [0.15, 0.2) is 41.1 Å². The van der Waals surface area contributed by atoms with Crippen LogP contribution in [0.4, 0.5) is 13.2 Å². The number of carbonyl (C=O) groups is 1. The zero-order chi connectivity index (χ0) is 20.9. The molecule has 11 heteroatoms. The van der Waals surface area contributed by atoms with Crippen LogP contribution in [-0.4, -0.2) is 46.1 Å². The van der Waals surface area contributed by atoms with Gasteiger partial charge >= 0.3 is 12.1 Å². The molecule has 3 aromatic rings.